The molecular formula is C26H24ClN3O3S. The van der Waals surface area contributed by atoms with Gasteiger partial charge in [-0.2, -0.15) is 0 Å². The van der Waals surface area contributed by atoms with Gasteiger partial charge in [0, 0.05) is 34.7 Å². The highest BCUT2D eigenvalue weighted by atomic mass is 35.5. The molecule has 174 valence electrons. The van der Waals surface area contributed by atoms with Crippen molar-refractivity contribution >= 4 is 39.7 Å². The second kappa shape index (κ2) is 10.0. The Kier molecular flexibility index (Phi) is 6.67. The Hall–Kier alpha value is -3.13. The van der Waals surface area contributed by atoms with Crippen molar-refractivity contribution in [2.75, 3.05) is 31.2 Å². The summed E-state index contributed by atoms with van der Waals surface area (Å²) in [5.74, 6) is 0.944. The minimum absolute atomic E-state index is 0.101. The number of halogens is 1. The first kappa shape index (κ1) is 22.7. The van der Waals surface area contributed by atoms with Crippen molar-refractivity contribution < 1.29 is 13.9 Å². The lowest BCUT2D eigenvalue weighted by Gasteiger charge is -2.25. The van der Waals surface area contributed by atoms with E-state index >= 15 is 0 Å². The molecule has 2 aromatic heterocycles. The zero-order valence-electron chi connectivity index (χ0n) is 18.7. The van der Waals surface area contributed by atoms with Crippen molar-refractivity contribution in [1.82, 2.24) is 9.88 Å². The van der Waals surface area contributed by atoms with Gasteiger partial charge in [0.15, 0.2) is 10.9 Å². The Labute approximate surface area is 207 Å². The fourth-order valence-electron chi connectivity index (χ4n) is 3.86. The smallest absolute Gasteiger partial charge is 0.289 e. The average Bonchev–Trinajstić information content (AvgIpc) is 3.53. The molecule has 0 radical (unpaired) electrons. The van der Waals surface area contributed by atoms with Crippen molar-refractivity contribution in [3.05, 3.63) is 88.2 Å². The number of nitrogens with zero attached hydrogens (tertiary/aromatic N) is 3. The number of hydrogen-bond donors (Lipinski definition) is 0. The molecule has 2 aromatic carbocycles. The van der Waals surface area contributed by atoms with E-state index in [4.69, 9.17) is 25.7 Å². The first-order valence-electron chi connectivity index (χ1n) is 11.1. The first-order chi connectivity index (χ1) is 16.6. The highest BCUT2D eigenvalue weighted by molar-refractivity contribution is 7.14. The zero-order chi connectivity index (χ0) is 23.5. The van der Waals surface area contributed by atoms with Crippen LogP contribution in [0.5, 0.6) is 0 Å². The van der Waals surface area contributed by atoms with Gasteiger partial charge in [-0.05, 0) is 48.9 Å². The summed E-state index contributed by atoms with van der Waals surface area (Å²) in [7, 11) is 0. The Morgan fingerprint density at radius 3 is 2.68 bits per heavy atom. The highest BCUT2D eigenvalue weighted by Gasteiger charge is 2.23. The number of carbonyl (C=O) groups excluding carboxylic acids is 1. The molecule has 0 unspecified atom stereocenters. The van der Waals surface area contributed by atoms with E-state index in [0.717, 1.165) is 27.6 Å². The molecule has 0 aliphatic carbocycles. The maximum absolute atomic E-state index is 12.8. The van der Waals surface area contributed by atoms with Gasteiger partial charge in [-0.15, -0.1) is 11.3 Å². The molecule has 1 aliphatic heterocycles. The zero-order valence-corrected chi connectivity index (χ0v) is 20.3. The number of aryl methyl sites for hydroxylation is 1. The second-order valence-corrected chi connectivity index (χ2v) is 9.39. The van der Waals surface area contributed by atoms with Crippen LogP contribution in [0.3, 0.4) is 0 Å². The summed E-state index contributed by atoms with van der Waals surface area (Å²) in [4.78, 5) is 21.6. The fourth-order valence-corrected chi connectivity index (χ4v) is 4.84. The molecule has 3 heterocycles. The molecule has 0 N–H and O–H groups in total. The molecule has 0 spiro atoms. The summed E-state index contributed by atoms with van der Waals surface area (Å²) in [6, 6.07) is 19.5. The molecule has 8 heteroatoms. The van der Waals surface area contributed by atoms with E-state index < -0.39 is 0 Å². The number of anilines is 2. The summed E-state index contributed by atoms with van der Waals surface area (Å²) < 4.78 is 11.3. The van der Waals surface area contributed by atoms with Gasteiger partial charge in [-0.1, -0.05) is 35.9 Å². The molecule has 1 amide bonds. The number of ether oxygens (including phenoxy) is 1. The third kappa shape index (κ3) is 5.01. The van der Waals surface area contributed by atoms with Crippen LogP contribution in [0.4, 0.5) is 10.8 Å². The van der Waals surface area contributed by atoms with Gasteiger partial charge in [-0.3, -0.25) is 4.79 Å². The van der Waals surface area contributed by atoms with Gasteiger partial charge in [0.2, 0.25) is 0 Å². The number of thiazole rings is 1. The van der Waals surface area contributed by atoms with E-state index in [-0.39, 0.29) is 5.91 Å². The number of benzene rings is 2. The third-order valence-electron chi connectivity index (χ3n) is 5.66. The quantitative estimate of drug-likeness (QED) is 0.321. The topological polar surface area (TPSA) is 58.8 Å². The molecule has 1 saturated heterocycles. The maximum Gasteiger partial charge on any atom is 0.289 e. The van der Waals surface area contributed by atoms with E-state index in [0.29, 0.717) is 49.4 Å². The number of morpholine rings is 1. The average molecular weight is 494 g/mol. The number of carbonyl (C=O) groups is 1. The van der Waals surface area contributed by atoms with Crippen LogP contribution in [-0.2, 0) is 11.3 Å². The molecule has 6 nitrogen and oxygen atoms in total. The Morgan fingerprint density at radius 2 is 1.91 bits per heavy atom. The van der Waals surface area contributed by atoms with Crippen LogP contribution in [-0.4, -0.2) is 42.1 Å². The normalized spacial score (nSPS) is 13.8. The third-order valence-corrected chi connectivity index (χ3v) is 6.78. The lowest BCUT2D eigenvalue weighted by Crippen LogP contribution is -2.40. The van der Waals surface area contributed by atoms with Crippen LogP contribution in [0.2, 0.25) is 5.02 Å². The maximum atomic E-state index is 12.8. The molecule has 34 heavy (non-hydrogen) atoms. The van der Waals surface area contributed by atoms with Gasteiger partial charge in [0.05, 0.1) is 25.5 Å². The lowest BCUT2D eigenvalue weighted by atomic mass is 10.2. The summed E-state index contributed by atoms with van der Waals surface area (Å²) in [5.41, 5.74) is 4.05. The standard InChI is InChI=1S/C26H24ClN3O3S/c1-18-3-2-4-21(15-18)30(26-28-23(17-34-26)19-5-7-20(27)8-6-19)16-22-9-10-24(33-22)25(31)29-11-13-32-14-12-29/h2-10,15,17H,11-14,16H2,1H3. The summed E-state index contributed by atoms with van der Waals surface area (Å²) in [6.45, 7) is 4.79. The van der Waals surface area contributed by atoms with Crippen LogP contribution in [0.25, 0.3) is 11.3 Å². The van der Waals surface area contributed by atoms with Gasteiger partial charge >= 0.3 is 0 Å². The number of hydrogen-bond acceptors (Lipinski definition) is 6. The Balaban J connectivity index is 1.42. The predicted molar refractivity (Wildman–Crippen MR) is 135 cm³/mol. The number of amides is 1. The predicted octanol–water partition coefficient (Wildman–Crippen LogP) is 6.18. The van der Waals surface area contributed by atoms with E-state index in [1.165, 1.54) is 0 Å². The molecule has 0 atom stereocenters. The van der Waals surface area contributed by atoms with E-state index in [1.54, 1.807) is 22.3 Å². The first-order valence-corrected chi connectivity index (χ1v) is 12.3. The lowest BCUT2D eigenvalue weighted by molar-refractivity contribution is 0.0282. The van der Waals surface area contributed by atoms with Crippen LogP contribution >= 0.6 is 22.9 Å². The second-order valence-electron chi connectivity index (χ2n) is 8.12. The number of aromatic nitrogens is 1. The molecular weight excluding hydrogens is 470 g/mol. The molecule has 4 aromatic rings. The van der Waals surface area contributed by atoms with Crippen LogP contribution in [0, 0.1) is 6.92 Å². The number of rotatable bonds is 6. The molecule has 1 fully saturated rings. The van der Waals surface area contributed by atoms with Crippen LogP contribution in [0.1, 0.15) is 21.9 Å². The highest BCUT2D eigenvalue weighted by Crippen LogP contribution is 2.34. The van der Waals surface area contributed by atoms with Gasteiger partial charge in [-0.25, -0.2) is 4.98 Å². The van der Waals surface area contributed by atoms with E-state index in [1.807, 2.05) is 41.8 Å². The SMILES string of the molecule is Cc1cccc(N(Cc2ccc(C(=O)N3CCOCC3)o2)c2nc(-c3ccc(Cl)cc3)cs2)c1. The number of furan rings is 1. The Morgan fingerprint density at radius 1 is 1.12 bits per heavy atom. The minimum atomic E-state index is -0.101. The monoisotopic (exact) mass is 493 g/mol. The summed E-state index contributed by atoms with van der Waals surface area (Å²) in [5, 5.41) is 3.57. The summed E-state index contributed by atoms with van der Waals surface area (Å²) >= 11 is 7.61. The summed E-state index contributed by atoms with van der Waals surface area (Å²) in [6.07, 6.45) is 0. The van der Waals surface area contributed by atoms with Gasteiger partial charge in [0.1, 0.15) is 5.76 Å². The molecule has 5 rings (SSSR count). The minimum Gasteiger partial charge on any atom is -0.454 e. The molecule has 1 aliphatic rings. The fraction of sp³-hybridized carbons (Fsp3) is 0.231. The van der Waals surface area contributed by atoms with Gasteiger partial charge < -0.3 is 19.0 Å². The van der Waals surface area contributed by atoms with Crippen molar-refractivity contribution in [2.24, 2.45) is 0 Å². The largest absolute Gasteiger partial charge is 0.454 e. The van der Waals surface area contributed by atoms with Crippen molar-refractivity contribution in [3.8, 4) is 11.3 Å². The van der Waals surface area contributed by atoms with E-state index in [9.17, 15) is 4.79 Å². The van der Waals surface area contributed by atoms with Crippen molar-refractivity contribution in [1.29, 1.82) is 0 Å². The molecule has 0 saturated carbocycles. The van der Waals surface area contributed by atoms with Crippen molar-refractivity contribution in [2.45, 2.75) is 13.5 Å². The Bertz CT molecular complexity index is 1280. The van der Waals surface area contributed by atoms with E-state index in [2.05, 4.69) is 30.0 Å². The van der Waals surface area contributed by atoms with Crippen LogP contribution < -0.4 is 4.90 Å². The van der Waals surface area contributed by atoms with Crippen molar-refractivity contribution in [3.63, 3.8) is 0 Å². The molecule has 0 bridgehead atoms. The van der Waals surface area contributed by atoms with Crippen LogP contribution in [0.15, 0.2) is 70.5 Å². The van der Waals surface area contributed by atoms with Gasteiger partial charge in [0.25, 0.3) is 5.91 Å².